The van der Waals surface area contributed by atoms with Gasteiger partial charge in [-0.2, -0.15) is 11.8 Å². The Morgan fingerprint density at radius 2 is 1.56 bits per heavy atom. The number of aliphatic carboxylic acids is 2. The van der Waals surface area contributed by atoms with Crippen molar-refractivity contribution in [1.29, 1.82) is 0 Å². The molecule has 0 saturated heterocycles. The Hall–Kier alpha value is -0.790. The summed E-state index contributed by atoms with van der Waals surface area (Å²) in [7, 11) is 0. The Morgan fingerprint density at radius 3 is 1.96 bits per heavy atom. The minimum Gasteiger partial charge on any atom is -0.481 e. The van der Waals surface area contributed by atoms with Crippen molar-refractivity contribution >= 4 is 23.7 Å². The van der Waals surface area contributed by atoms with Gasteiger partial charge in [0.05, 0.1) is 30.7 Å². The fraction of sp³-hybridized carbons (Fsp3) is 0.900. The average Bonchev–Trinajstić information content (AvgIpc) is 2.52. The summed E-state index contributed by atoms with van der Waals surface area (Å²) in [6.07, 6.45) is 1.37. The monoisotopic (exact) mass is 406 g/mol. The number of hydrogen-bond acceptors (Lipinski definition) is 5. The molecule has 3 atom stereocenters. The highest BCUT2D eigenvalue weighted by molar-refractivity contribution is 7.99. The molecule has 0 aromatic heterocycles. The Kier molecular flexibility index (Phi) is 11.6. The van der Waals surface area contributed by atoms with Crippen LogP contribution in [-0.4, -0.2) is 58.1 Å². The second kappa shape index (κ2) is 11.9. The lowest BCUT2D eigenvalue weighted by Crippen LogP contribution is -2.39. The second-order valence-electron chi connectivity index (χ2n) is 8.58. The van der Waals surface area contributed by atoms with Crippen molar-refractivity contribution < 1.29 is 29.6 Å². The summed E-state index contributed by atoms with van der Waals surface area (Å²) in [6.45, 7) is 12.0. The Bertz CT molecular complexity index is 467. The van der Waals surface area contributed by atoms with Crippen LogP contribution in [0.3, 0.4) is 0 Å². The molecule has 0 radical (unpaired) electrons. The van der Waals surface area contributed by atoms with E-state index in [-0.39, 0.29) is 30.3 Å². The molecule has 0 rings (SSSR count). The molecule has 3 unspecified atom stereocenters. The fourth-order valence-electron chi connectivity index (χ4n) is 3.33. The van der Waals surface area contributed by atoms with E-state index in [2.05, 4.69) is 0 Å². The SMILES string of the molecule is CC(C)CC(C)(CC(CC(C)(C(=O)O)C(C)C)SCCOCCO)C(=O)O. The van der Waals surface area contributed by atoms with Crippen LogP contribution in [0.1, 0.15) is 60.8 Å². The summed E-state index contributed by atoms with van der Waals surface area (Å²) >= 11 is 1.57. The van der Waals surface area contributed by atoms with Crippen molar-refractivity contribution in [3.8, 4) is 0 Å². The largest absolute Gasteiger partial charge is 0.481 e. The maximum absolute atomic E-state index is 12.0. The molecular weight excluding hydrogens is 368 g/mol. The summed E-state index contributed by atoms with van der Waals surface area (Å²) in [5, 5.41) is 28.3. The molecule has 0 aromatic carbocycles. The molecule has 0 aromatic rings. The summed E-state index contributed by atoms with van der Waals surface area (Å²) in [4.78, 5) is 23.9. The van der Waals surface area contributed by atoms with Crippen LogP contribution in [-0.2, 0) is 14.3 Å². The third kappa shape index (κ3) is 8.83. The lowest BCUT2D eigenvalue weighted by atomic mass is 9.71. The minimum atomic E-state index is -0.916. The first kappa shape index (κ1) is 26.2. The maximum Gasteiger partial charge on any atom is 0.309 e. The van der Waals surface area contributed by atoms with Gasteiger partial charge < -0.3 is 20.1 Å². The molecule has 0 aliphatic rings. The fourth-order valence-corrected chi connectivity index (χ4v) is 4.83. The molecule has 0 aliphatic heterocycles. The van der Waals surface area contributed by atoms with Gasteiger partial charge in [0.15, 0.2) is 0 Å². The molecular formula is C20H38O6S. The van der Waals surface area contributed by atoms with Gasteiger partial charge in [0.2, 0.25) is 0 Å². The van der Waals surface area contributed by atoms with Gasteiger partial charge in [0.25, 0.3) is 0 Å². The molecule has 0 aliphatic carbocycles. The normalized spacial score (nSPS) is 17.5. The highest BCUT2D eigenvalue weighted by Gasteiger charge is 2.43. The van der Waals surface area contributed by atoms with Crippen LogP contribution in [0, 0.1) is 22.7 Å². The highest BCUT2D eigenvalue weighted by Crippen LogP contribution is 2.42. The molecule has 7 heteroatoms. The van der Waals surface area contributed by atoms with E-state index in [1.165, 1.54) is 0 Å². The van der Waals surface area contributed by atoms with Crippen LogP contribution < -0.4 is 0 Å². The maximum atomic E-state index is 12.0. The molecule has 3 N–H and O–H groups in total. The Morgan fingerprint density at radius 1 is 0.963 bits per heavy atom. The zero-order valence-corrected chi connectivity index (χ0v) is 18.5. The summed E-state index contributed by atoms with van der Waals surface area (Å²) in [6, 6.07) is 0. The number of carboxylic acid groups (broad SMARTS) is 2. The summed E-state index contributed by atoms with van der Waals surface area (Å²) < 4.78 is 5.30. The van der Waals surface area contributed by atoms with Crippen molar-refractivity contribution in [3.63, 3.8) is 0 Å². The highest BCUT2D eigenvalue weighted by atomic mass is 32.2. The number of aliphatic hydroxyl groups excluding tert-OH is 1. The van der Waals surface area contributed by atoms with Gasteiger partial charge in [-0.25, -0.2) is 0 Å². The molecule has 0 saturated carbocycles. The van der Waals surface area contributed by atoms with Gasteiger partial charge >= 0.3 is 11.9 Å². The number of carboxylic acids is 2. The average molecular weight is 407 g/mol. The van der Waals surface area contributed by atoms with Gasteiger partial charge in [-0.3, -0.25) is 9.59 Å². The molecule has 0 heterocycles. The molecule has 0 fully saturated rings. The number of hydrogen-bond donors (Lipinski definition) is 3. The Labute approximate surface area is 168 Å². The van der Waals surface area contributed by atoms with Crippen LogP contribution in [0.25, 0.3) is 0 Å². The Balaban J connectivity index is 5.37. The second-order valence-corrected chi connectivity index (χ2v) is 9.99. The van der Waals surface area contributed by atoms with E-state index < -0.39 is 22.8 Å². The predicted molar refractivity (Wildman–Crippen MR) is 109 cm³/mol. The molecule has 0 spiro atoms. The smallest absolute Gasteiger partial charge is 0.309 e. The topological polar surface area (TPSA) is 104 Å². The zero-order valence-electron chi connectivity index (χ0n) is 17.7. The molecule has 0 bridgehead atoms. The van der Waals surface area contributed by atoms with Gasteiger partial charge in [0.1, 0.15) is 0 Å². The van der Waals surface area contributed by atoms with E-state index in [0.29, 0.717) is 31.6 Å². The van der Waals surface area contributed by atoms with E-state index in [0.717, 1.165) is 0 Å². The van der Waals surface area contributed by atoms with Gasteiger partial charge in [-0.1, -0.05) is 27.7 Å². The van der Waals surface area contributed by atoms with Gasteiger partial charge in [0, 0.05) is 11.0 Å². The first-order chi connectivity index (χ1) is 12.4. The van der Waals surface area contributed by atoms with Gasteiger partial charge in [-0.05, 0) is 44.9 Å². The van der Waals surface area contributed by atoms with Crippen molar-refractivity contribution in [2.24, 2.45) is 22.7 Å². The van der Waals surface area contributed by atoms with Crippen LogP contribution in [0.15, 0.2) is 0 Å². The van der Waals surface area contributed by atoms with E-state index in [1.807, 2.05) is 27.7 Å². The van der Waals surface area contributed by atoms with Crippen molar-refractivity contribution in [1.82, 2.24) is 0 Å². The zero-order chi connectivity index (χ0) is 21.3. The van der Waals surface area contributed by atoms with Gasteiger partial charge in [-0.15, -0.1) is 0 Å². The van der Waals surface area contributed by atoms with Crippen molar-refractivity contribution in [2.75, 3.05) is 25.6 Å². The van der Waals surface area contributed by atoms with Crippen molar-refractivity contribution in [3.05, 3.63) is 0 Å². The van der Waals surface area contributed by atoms with Crippen LogP contribution >= 0.6 is 11.8 Å². The quantitative estimate of drug-likeness (QED) is 0.356. The minimum absolute atomic E-state index is 0.0377. The van der Waals surface area contributed by atoms with Crippen LogP contribution in [0.4, 0.5) is 0 Å². The number of rotatable bonds is 15. The lowest BCUT2D eigenvalue weighted by molar-refractivity contribution is -0.151. The van der Waals surface area contributed by atoms with Crippen LogP contribution in [0.2, 0.25) is 0 Å². The van der Waals surface area contributed by atoms with E-state index in [9.17, 15) is 19.8 Å². The summed E-state index contributed by atoms with van der Waals surface area (Å²) in [5.41, 5.74) is -1.81. The number of ether oxygens (including phenoxy) is 1. The number of aliphatic hydroxyl groups is 1. The number of carbonyl (C=O) groups is 2. The standard InChI is InChI=1S/C20H38O6S/c1-14(2)11-19(5,17(22)23)12-16(27-10-9-26-8-7-21)13-20(6,15(3)4)18(24)25/h14-16,21H,7-13H2,1-6H3,(H,22,23)(H,24,25). The van der Waals surface area contributed by atoms with Crippen LogP contribution in [0.5, 0.6) is 0 Å². The lowest BCUT2D eigenvalue weighted by Gasteiger charge is -2.36. The first-order valence-electron chi connectivity index (χ1n) is 9.66. The van der Waals surface area contributed by atoms with E-state index >= 15 is 0 Å². The predicted octanol–water partition coefficient (Wildman–Crippen LogP) is 3.76. The molecule has 160 valence electrons. The number of thioether (sulfide) groups is 1. The molecule has 27 heavy (non-hydrogen) atoms. The third-order valence-corrected chi connectivity index (χ3v) is 6.49. The van der Waals surface area contributed by atoms with E-state index in [4.69, 9.17) is 9.84 Å². The first-order valence-corrected chi connectivity index (χ1v) is 10.7. The summed E-state index contributed by atoms with van der Waals surface area (Å²) in [5.74, 6) is -0.874. The molecule has 0 amide bonds. The van der Waals surface area contributed by atoms with Crippen molar-refractivity contribution in [2.45, 2.75) is 66.1 Å². The van der Waals surface area contributed by atoms with E-state index in [1.54, 1.807) is 25.6 Å². The third-order valence-electron chi connectivity index (χ3n) is 5.28. The molecule has 6 nitrogen and oxygen atoms in total.